The van der Waals surface area contributed by atoms with Gasteiger partial charge in [0.2, 0.25) is 0 Å². The van der Waals surface area contributed by atoms with Crippen LogP contribution in [0.2, 0.25) is 0 Å². The summed E-state index contributed by atoms with van der Waals surface area (Å²) in [6, 6.07) is 9.58. The number of nitrogens with zero attached hydrogens (tertiary/aromatic N) is 2. The minimum absolute atomic E-state index is 0.0171. The Labute approximate surface area is 170 Å². The molecule has 1 fully saturated rings. The third-order valence-corrected chi connectivity index (χ3v) is 4.70. The van der Waals surface area contributed by atoms with Crippen molar-refractivity contribution in [2.45, 2.75) is 58.5 Å². The van der Waals surface area contributed by atoms with Crippen molar-refractivity contribution in [2.75, 3.05) is 6.61 Å². The molecule has 1 aliphatic rings. The van der Waals surface area contributed by atoms with E-state index in [1.54, 1.807) is 31.5 Å². The Kier molecular flexibility index (Phi) is 6.69. The first-order chi connectivity index (χ1) is 13.8. The molecule has 2 aromatic rings. The second-order valence-corrected chi connectivity index (χ2v) is 8.15. The van der Waals surface area contributed by atoms with E-state index < -0.39 is 29.8 Å². The molecule has 158 valence electrons. The predicted octanol–water partition coefficient (Wildman–Crippen LogP) is 1.81. The maximum Gasteiger partial charge on any atom is 0.312 e. The number of esters is 1. The lowest BCUT2D eigenvalue weighted by molar-refractivity contribution is -0.156. The van der Waals surface area contributed by atoms with E-state index in [1.165, 1.54) is 6.33 Å². The SMILES string of the molecule is CC(C)(C)C(=O)OCn1cnc([C@@H]2O[C@H](CO)[C@@H](OCc3ccccc3)[C@H]2O)c1. The van der Waals surface area contributed by atoms with Gasteiger partial charge in [-0.3, -0.25) is 4.79 Å². The van der Waals surface area contributed by atoms with Gasteiger partial charge in [0.15, 0.2) is 6.73 Å². The van der Waals surface area contributed by atoms with Gasteiger partial charge in [0, 0.05) is 6.20 Å². The molecule has 0 bridgehead atoms. The highest BCUT2D eigenvalue weighted by molar-refractivity contribution is 5.75. The molecule has 2 N–H and O–H groups in total. The maximum absolute atomic E-state index is 11.9. The first kappa shape index (κ1) is 21.4. The normalized spacial score (nSPS) is 24.6. The Morgan fingerprint density at radius 2 is 2.00 bits per heavy atom. The predicted molar refractivity (Wildman–Crippen MR) is 103 cm³/mol. The summed E-state index contributed by atoms with van der Waals surface area (Å²) in [7, 11) is 0. The Morgan fingerprint density at radius 1 is 1.28 bits per heavy atom. The van der Waals surface area contributed by atoms with Crippen LogP contribution < -0.4 is 0 Å². The molecule has 8 heteroatoms. The minimum atomic E-state index is -0.990. The van der Waals surface area contributed by atoms with Crippen molar-refractivity contribution in [1.82, 2.24) is 9.55 Å². The van der Waals surface area contributed by atoms with E-state index in [0.29, 0.717) is 12.3 Å². The van der Waals surface area contributed by atoms with E-state index in [0.717, 1.165) is 5.56 Å². The number of ether oxygens (including phenoxy) is 3. The van der Waals surface area contributed by atoms with Crippen LogP contribution in [0.1, 0.15) is 38.1 Å². The molecular formula is C21H28N2O6. The fourth-order valence-electron chi connectivity index (χ4n) is 3.05. The van der Waals surface area contributed by atoms with Crippen LogP contribution in [-0.4, -0.2) is 50.7 Å². The molecule has 2 heterocycles. The van der Waals surface area contributed by atoms with Crippen molar-refractivity contribution >= 4 is 5.97 Å². The van der Waals surface area contributed by atoms with E-state index in [9.17, 15) is 15.0 Å². The molecule has 1 aromatic carbocycles. The zero-order valence-corrected chi connectivity index (χ0v) is 16.9. The number of aliphatic hydroxyl groups is 2. The first-order valence-electron chi connectivity index (χ1n) is 9.58. The first-order valence-corrected chi connectivity index (χ1v) is 9.58. The summed E-state index contributed by atoms with van der Waals surface area (Å²) in [4.78, 5) is 16.2. The third kappa shape index (κ3) is 5.22. The molecule has 0 spiro atoms. The molecule has 1 aliphatic heterocycles. The van der Waals surface area contributed by atoms with E-state index in [-0.39, 0.29) is 19.3 Å². The number of rotatable bonds is 7. The van der Waals surface area contributed by atoms with E-state index in [4.69, 9.17) is 14.2 Å². The van der Waals surface area contributed by atoms with Gasteiger partial charge in [-0.15, -0.1) is 0 Å². The molecule has 4 atom stereocenters. The molecule has 0 aliphatic carbocycles. The Balaban J connectivity index is 1.62. The van der Waals surface area contributed by atoms with Crippen molar-refractivity contribution < 1.29 is 29.2 Å². The molecule has 0 radical (unpaired) electrons. The van der Waals surface area contributed by atoms with Gasteiger partial charge in [0.1, 0.15) is 24.4 Å². The molecule has 29 heavy (non-hydrogen) atoms. The van der Waals surface area contributed by atoms with Crippen molar-refractivity contribution in [2.24, 2.45) is 5.41 Å². The number of hydrogen-bond donors (Lipinski definition) is 2. The van der Waals surface area contributed by atoms with Crippen LogP contribution in [0, 0.1) is 5.41 Å². The quantitative estimate of drug-likeness (QED) is 0.679. The van der Waals surface area contributed by atoms with Crippen molar-refractivity contribution in [3.63, 3.8) is 0 Å². The summed E-state index contributed by atoms with van der Waals surface area (Å²) in [5, 5.41) is 20.4. The lowest BCUT2D eigenvalue weighted by Crippen LogP contribution is -2.35. The fraction of sp³-hybridized carbons (Fsp3) is 0.524. The molecular weight excluding hydrogens is 376 g/mol. The van der Waals surface area contributed by atoms with Gasteiger partial charge >= 0.3 is 5.97 Å². The van der Waals surface area contributed by atoms with Crippen LogP contribution in [0.3, 0.4) is 0 Å². The maximum atomic E-state index is 11.9. The number of benzene rings is 1. The van der Waals surface area contributed by atoms with Gasteiger partial charge in [-0.25, -0.2) is 4.98 Å². The highest BCUT2D eigenvalue weighted by atomic mass is 16.6. The molecule has 0 saturated carbocycles. The molecule has 0 unspecified atom stereocenters. The average Bonchev–Trinajstić information content (AvgIpc) is 3.28. The van der Waals surface area contributed by atoms with Crippen molar-refractivity contribution in [3.05, 3.63) is 54.1 Å². The van der Waals surface area contributed by atoms with Crippen LogP contribution in [0.25, 0.3) is 0 Å². The van der Waals surface area contributed by atoms with Gasteiger partial charge in [-0.2, -0.15) is 0 Å². The Bertz CT molecular complexity index is 801. The zero-order valence-electron chi connectivity index (χ0n) is 16.9. The highest BCUT2D eigenvalue weighted by Crippen LogP contribution is 2.34. The molecule has 8 nitrogen and oxygen atoms in total. The standard InChI is InChI=1S/C21H28N2O6/c1-21(2,3)20(26)28-13-23-9-15(22-12-23)18-17(25)19(16(10-24)29-18)27-11-14-7-5-4-6-8-14/h4-9,12,16-19,24-25H,10-11,13H2,1-3H3/t16-,17+,18+,19-/m1/s1. The van der Waals surface area contributed by atoms with Gasteiger partial charge in [-0.05, 0) is 26.3 Å². The van der Waals surface area contributed by atoms with Crippen LogP contribution in [-0.2, 0) is 32.3 Å². The highest BCUT2D eigenvalue weighted by Gasteiger charge is 2.45. The van der Waals surface area contributed by atoms with Crippen molar-refractivity contribution in [3.8, 4) is 0 Å². The van der Waals surface area contributed by atoms with E-state index in [2.05, 4.69) is 4.98 Å². The Morgan fingerprint density at radius 3 is 2.66 bits per heavy atom. The number of carbonyl (C=O) groups is 1. The summed E-state index contributed by atoms with van der Waals surface area (Å²) >= 11 is 0. The summed E-state index contributed by atoms with van der Waals surface area (Å²) in [6.45, 7) is 5.37. The second kappa shape index (κ2) is 9.04. The number of carbonyl (C=O) groups excluding carboxylic acids is 1. The summed E-state index contributed by atoms with van der Waals surface area (Å²) in [6.07, 6.45) is 0.0751. The number of aromatic nitrogens is 2. The molecule has 3 rings (SSSR count). The van der Waals surface area contributed by atoms with Crippen molar-refractivity contribution in [1.29, 1.82) is 0 Å². The Hall–Kier alpha value is -2.26. The number of hydrogen-bond acceptors (Lipinski definition) is 7. The van der Waals surface area contributed by atoms with E-state index >= 15 is 0 Å². The largest absolute Gasteiger partial charge is 0.443 e. The van der Waals surface area contributed by atoms with Crippen LogP contribution in [0.4, 0.5) is 0 Å². The number of imidazole rings is 1. The lowest BCUT2D eigenvalue weighted by atomic mass is 9.98. The van der Waals surface area contributed by atoms with Crippen LogP contribution in [0.15, 0.2) is 42.9 Å². The van der Waals surface area contributed by atoms with Gasteiger partial charge in [0.25, 0.3) is 0 Å². The second-order valence-electron chi connectivity index (χ2n) is 8.15. The molecule has 0 amide bonds. The molecule has 1 aromatic heterocycles. The lowest BCUT2D eigenvalue weighted by Gasteiger charge is -2.19. The number of aliphatic hydroxyl groups excluding tert-OH is 2. The summed E-state index contributed by atoms with van der Waals surface area (Å²) in [5.74, 6) is -0.320. The van der Waals surface area contributed by atoms with Crippen LogP contribution >= 0.6 is 0 Å². The summed E-state index contributed by atoms with van der Waals surface area (Å²) in [5.41, 5.74) is 0.851. The van der Waals surface area contributed by atoms with Crippen LogP contribution in [0.5, 0.6) is 0 Å². The average molecular weight is 404 g/mol. The van der Waals surface area contributed by atoms with Gasteiger partial charge in [0.05, 0.1) is 30.7 Å². The van der Waals surface area contributed by atoms with Gasteiger partial charge < -0.3 is 29.0 Å². The van der Waals surface area contributed by atoms with E-state index in [1.807, 2.05) is 30.3 Å². The minimum Gasteiger partial charge on any atom is -0.443 e. The zero-order chi connectivity index (χ0) is 21.0. The fourth-order valence-corrected chi connectivity index (χ4v) is 3.05. The summed E-state index contributed by atoms with van der Waals surface area (Å²) < 4.78 is 18.5. The smallest absolute Gasteiger partial charge is 0.312 e. The topological polar surface area (TPSA) is 103 Å². The van der Waals surface area contributed by atoms with Gasteiger partial charge in [-0.1, -0.05) is 30.3 Å². The monoisotopic (exact) mass is 404 g/mol. The third-order valence-electron chi connectivity index (χ3n) is 4.70. The molecule has 1 saturated heterocycles.